The molecule has 1 fully saturated rings. The summed E-state index contributed by atoms with van der Waals surface area (Å²) < 4.78 is 0. The minimum absolute atomic E-state index is 0.0631. The number of carbonyl (C=O) groups is 2. The Morgan fingerprint density at radius 3 is 2.34 bits per heavy atom. The van der Waals surface area contributed by atoms with Crippen molar-refractivity contribution in [1.29, 1.82) is 0 Å². The van der Waals surface area contributed by atoms with Crippen LogP contribution >= 0.6 is 11.6 Å². The van der Waals surface area contributed by atoms with E-state index < -0.39 is 17.7 Å². The number of aromatic hydroxyl groups is 1. The third-order valence-electron chi connectivity index (χ3n) is 4.72. The number of benzene rings is 2. The molecule has 0 radical (unpaired) electrons. The van der Waals surface area contributed by atoms with Crippen LogP contribution in [0, 0.1) is 0 Å². The number of ketones is 1. The predicted molar refractivity (Wildman–Crippen MR) is 109 cm³/mol. The van der Waals surface area contributed by atoms with Gasteiger partial charge in [0.15, 0.2) is 0 Å². The van der Waals surface area contributed by atoms with E-state index in [-0.39, 0.29) is 22.1 Å². The molecule has 4 rings (SSSR count). The largest absolute Gasteiger partial charge is 0.507 e. The van der Waals surface area contributed by atoms with E-state index in [0.717, 1.165) is 0 Å². The van der Waals surface area contributed by atoms with Gasteiger partial charge in [-0.25, -0.2) is 0 Å². The maximum absolute atomic E-state index is 12.9. The molecule has 1 amide bonds. The van der Waals surface area contributed by atoms with Gasteiger partial charge in [-0.05, 0) is 42.0 Å². The zero-order chi connectivity index (χ0) is 20.5. The zero-order valence-electron chi connectivity index (χ0n) is 15.0. The van der Waals surface area contributed by atoms with Crippen LogP contribution < -0.4 is 4.90 Å². The van der Waals surface area contributed by atoms with Gasteiger partial charge in [0, 0.05) is 23.6 Å². The summed E-state index contributed by atoms with van der Waals surface area (Å²) in [6.07, 6.45) is 2.96. The predicted octanol–water partition coefficient (Wildman–Crippen LogP) is 4.07. The fraction of sp³-hybridized carbons (Fsp3) is 0.0455. The first kappa shape index (κ1) is 18.7. The minimum Gasteiger partial charge on any atom is -0.507 e. The maximum atomic E-state index is 12.9. The molecule has 7 heteroatoms. The molecule has 1 unspecified atom stereocenters. The van der Waals surface area contributed by atoms with Gasteiger partial charge in [0.05, 0.1) is 16.6 Å². The van der Waals surface area contributed by atoms with Crippen molar-refractivity contribution in [1.82, 2.24) is 4.98 Å². The molecule has 1 atom stereocenters. The van der Waals surface area contributed by atoms with Gasteiger partial charge in [-0.15, -0.1) is 0 Å². The second-order valence-corrected chi connectivity index (χ2v) is 6.86. The minimum atomic E-state index is -0.913. The second kappa shape index (κ2) is 7.41. The molecule has 1 aromatic heterocycles. The molecule has 6 nitrogen and oxygen atoms in total. The Labute approximate surface area is 171 Å². The van der Waals surface area contributed by atoms with Crippen LogP contribution in [0.15, 0.2) is 78.6 Å². The Morgan fingerprint density at radius 1 is 1.00 bits per heavy atom. The quantitative estimate of drug-likeness (QED) is 0.389. The summed E-state index contributed by atoms with van der Waals surface area (Å²) in [6, 6.07) is 15.3. The average molecular weight is 407 g/mol. The number of phenols is 1. The number of carbonyl (C=O) groups excluding carboxylic acids is 2. The molecule has 0 bridgehead atoms. The SMILES string of the molecule is O=C1C(=O)N(c2ccccc2)C(c2ccc(O)c(Cl)c2)/C1=C(/O)c1ccncc1. The van der Waals surface area contributed by atoms with Crippen molar-refractivity contribution in [2.45, 2.75) is 6.04 Å². The van der Waals surface area contributed by atoms with E-state index in [1.165, 1.54) is 29.4 Å². The topological polar surface area (TPSA) is 90.7 Å². The standard InChI is InChI=1S/C22H15ClN2O4/c23-16-12-14(6-7-17(16)26)19-18(20(27)13-8-10-24-11-9-13)21(28)22(29)25(19)15-4-2-1-3-5-15/h1-12,19,26-27H/b20-18-. The Morgan fingerprint density at radius 2 is 1.69 bits per heavy atom. The summed E-state index contributed by atoms with van der Waals surface area (Å²) in [6.45, 7) is 0. The number of aromatic nitrogens is 1. The van der Waals surface area contributed by atoms with E-state index in [1.54, 1.807) is 48.5 Å². The highest BCUT2D eigenvalue weighted by atomic mass is 35.5. The van der Waals surface area contributed by atoms with Crippen molar-refractivity contribution < 1.29 is 19.8 Å². The van der Waals surface area contributed by atoms with Crippen LogP contribution in [0.3, 0.4) is 0 Å². The van der Waals surface area contributed by atoms with E-state index >= 15 is 0 Å². The summed E-state index contributed by atoms with van der Waals surface area (Å²) >= 11 is 6.08. The van der Waals surface area contributed by atoms with Crippen LogP contribution in [0.5, 0.6) is 5.75 Å². The summed E-state index contributed by atoms with van der Waals surface area (Å²) in [5.74, 6) is -2.00. The number of pyridine rings is 1. The Kier molecular flexibility index (Phi) is 4.78. The van der Waals surface area contributed by atoms with Crippen molar-refractivity contribution in [2.24, 2.45) is 0 Å². The number of rotatable bonds is 3. The van der Waals surface area contributed by atoms with Crippen molar-refractivity contribution in [3.8, 4) is 5.75 Å². The number of aliphatic hydroxyl groups excluding tert-OH is 1. The monoisotopic (exact) mass is 406 g/mol. The highest BCUT2D eigenvalue weighted by Gasteiger charge is 2.47. The van der Waals surface area contributed by atoms with E-state index in [1.807, 2.05) is 0 Å². The molecule has 1 aliphatic heterocycles. The lowest BCUT2D eigenvalue weighted by atomic mass is 9.95. The van der Waals surface area contributed by atoms with Crippen molar-refractivity contribution >= 4 is 34.7 Å². The molecule has 2 heterocycles. The van der Waals surface area contributed by atoms with Crippen molar-refractivity contribution in [3.05, 3.63) is 94.8 Å². The number of amides is 1. The van der Waals surface area contributed by atoms with E-state index in [2.05, 4.69) is 4.98 Å². The lowest BCUT2D eigenvalue weighted by Crippen LogP contribution is -2.29. The number of para-hydroxylation sites is 1. The number of nitrogens with zero attached hydrogens (tertiary/aromatic N) is 2. The van der Waals surface area contributed by atoms with Crippen LogP contribution in [-0.4, -0.2) is 26.9 Å². The zero-order valence-corrected chi connectivity index (χ0v) is 15.7. The lowest BCUT2D eigenvalue weighted by molar-refractivity contribution is -0.132. The van der Waals surface area contributed by atoms with Crippen molar-refractivity contribution in [2.75, 3.05) is 4.90 Å². The molecule has 0 saturated carbocycles. The molecule has 2 aromatic carbocycles. The van der Waals surface area contributed by atoms with Gasteiger partial charge in [-0.1, -0.05) is 35.9 Å². The first-order valence-electron chi connectivity index (χ1n) is 8.74. The van der Waals surface area contributed by atoms with Crippen molar-refractivity contribution in [3.63, 3.8) is 0 Å². The van der Waals surface area contributed by atoms with Gasteiger partial charge < -0.3 is 10.2 Å². The first-order valence-corrected chi connectivity index (χ1v) is 9.11. The smallest absolute Gasteiger partial charge is 0.300 e. The maximum Gasteiger partial charge on any atom is 0.300 e. The molecule has 144 valence electrons. The number of aliphatic hydroxyl groups is 1. The number of hydrogen-bond donors (Lipinski definition) is 2. The van der Waals surface area contributed by atoms with Crippen LogP contribution in [-0.2, 0) is 9.59 Å². The van der Waals surface area contributed by atoms with Gasteiger partial charge in [0.25, 0.3) is 11.7 Å². The van der Waals surface area contributed by atoms with Crippen LogP contribution in [0.4, 0.5) is 5.69 Å². The number of hydrogen-bond acceptors (Lipinski definition) is 5. The second-order valence-electron chi connectivity index (χ2n) is 6.45. The van der Waals surface area contributed by atoms with Crippen LogP contribution in [0.1, 0.15) is 17.2 Å². The normalized spacial score (nSPS) is 18.2. The highest BCUT2D eigenvalue weighted by Crippen LogP contribution is 2.43. The number of halogens is 1. The lowest BCUT2D eigenvalue weighted by Gasteiger charge is -2.25. The van der Waals surface area contributed by atoms with E-state index in [4.69, 9.17) is 11.6 Å². The highest BCUT2D eigenvalue weighted by molar-refractivity contribution is 6.51. The molecule has 1 saturated heterocycles. The first-order chi connectivity index (χ1) is 14.0. The van der Waals surface area contributed by atoms with Crippen LogP contribution in [0.25, 0.3) is 5.76 Å². The fourth-order valence-electron chi connectivity index (χ4n) is 3.36. The molecule has 3 aromatic rings. The molecule has 1 aliphatic rings. The fourth-order valence-corrected chi connectivity index (χ4v) is 3.55. The van der Waals surface area contributed by atoms with Gasteiger partial charge in [-0.2, -0.15) is 0 Å². The molecule has 2 N–H and O–H groups in total. The van der Waals surface area contributed by atoms with Gasteiger partial charge in [-0.3, -0.25) is 19.5 Å². The summed E-state index contributed by atoms with van der Waals surface area (Å²) in [5, 5.41) is 20.8. The number of phenolic OH excluding ortho intramolecular Hbond substituents is 1. The Hall–Kier alpha value is -3.64. The van der Waals surface area contributed by atoms with Gasteiger partial charge in [0.1, 0.15) is 11.5 Å². The van der Waals surface area contributed by atoms with E-state index in [0.29, 0.717) is 16.8 Å². The summed E-state index contributed by atoms with van der Waals surface area (Å²) in [4.78, 5) is 31.1. The Bertz CT molecular complexity index is 1130. The number of anilines is 1. The molecular formula is C22H15ClN2O4. The van der Waals surface area contributed by atoms with E-state index in [9.17, 15) is 19.8 Å². The third kappa shape index (κ3) is 3.23. The summed E-state index contributed by atoms with van der Waals surface area (Å²) in [5.41, 5.74) is 1.27. The third-order valence-corrected chi connectivity index (χ3v) is 5.02. The molecule has 0 aliphatic carbocycles. The number of Topliss-reactive ketones (excluding diaryl/α,β-unsaturated/α-hetero) is 1. The van der Waals surface area contributed by atoms with Gasteiger partial charge in [0.2, 0.25) is 0 Å². The van der Waals surface area contributed by atoms with Gasteiger partial charge >= 0.3 is 0 Å². The average Bonchev–Trinajstić information content (AvgIpc) is 3.01. The molecule has 0 spiro atoms. The Balaban J connectivity index is 1.97. The summed E-state index contributed by atoms with van der Waals surface area (Å²) in [7, 11) is 0. The molecule has 29 heavy (non-hydrogen) atoms. The van der Waals surface area contributed by atoms with Crippen LogP contribution in [0.2, 0.25) is 5.02 Å². The molecular weight excluding hydrogens is 392 g/mol.